The summed E-state index contributed by atoms with van der Waals surface area (Å²) in [4.78, 5) is 18.8. The average Bonchev–Trinajstić information content (AvgIpc) is 3.77. The van der Waals surface area contributed by atoms with Crippen molar-refractivity contribution in [3.8, 4) is 34.3 Å². The van der Waals surface area contributed by atoms with Crippen molar-refractivity contribution in [1.82, 2.24) is 9.99 Å². The zero-order valence-electron chi connectivity index (χ0n) is 26.6. The zero-order chi connectivity index (χ0) is 32.2. The van der Waals surface area contributed by atoms with E-state index in [1.165, 1.54) is 5.57 Å². The second-order valence-corrected chi connectivity index (χ2v) is 11.7. The van der Waals surface area contributed by atoms with Gasteiger partial charge in [-0.15, -0.1) is 0 Å². The normalized spacial score (nSPS) is 18.1. The van der Waals surface area contributed by atoms with E-state index in [0.29, 0.717) is 30.4 Å². The maximum absolute atomic E-state index is 14.3. The average molecular weight is 624 g/mol. The van der Waals surface area contributed by atoms with Crippen LogP contribution in [0.4, 0.5) is 0 Å². The molecule has 2 aliphatic rings. The van der Waals surface area contributed by atoms with Crippen molar-refractivity contribution < 1.29 is 18.7 Å². The third-order valence-electron chi connectivity index (χ3n) is 8.72. The fraction of sp³-hybridized carbons (Fsp3) is 0.225. The minimum atomic E-state index is -0.225. The number of oxazole rings is 1. The molecule has 2 atom stereocenters. The van der Waals surface area contributed by atoms with Crippen molar-refractivity contribution in [2.45, 2.75) is 39.2 Å². The molecule has 5 aromatic rings. The lowest BCUT2D eigenvalue weighted by Crippen LogP contribution is -2.31. The lowest BCUT2D eigenvalue weighted by molar-refractivity contribution is 0.0681. The largest absolute Gasteiger partial charge is 0.494 e. The van der Waals surface area contributed by atoms with Gasteiger partial charge in [0.1, 0.15) is 11.5 Å². The number of benzene rings is 4. The number of hydrogen-bond acceptors (Lipinski definition) is 6. The zero-order valence-corrected chi connectivity index (χ0v) is 26.6. The molecule has 1 saturated carbocycles. The number of hydrogen-bond donors (Lipinski definition) is 0. The Morgan fingerprint density at radius 1 is 0.851 bits per heavy atom. The fourth-order valence-electron chi connectivity index (χ4n) is 6.49. The SMILES string of the molecule is CCOc1ccc(/C=C2\CCC[C@H]3C2=NN(C(=O)c2ccc(-c4ncc(-c5ccccc5)o4)cc2)[C@H]3c2ccc(OCC)cc2)cc1. The van der Waals surface area contributed by atoms with Crippen molar-refractivity contribution >= 4 is 17.7 Å². The molecule has 0 radical (unpaired) electrons. The number of carbonyl (C=O) groups excluding carboxylic acids is 1. The molecule has 1 fully saturated rings. The summed E-state index contributed by atoms with van der Waals surface area (Å²) in [5, 5.41) is 6.79. The number of fused-ring (bicyclic) bond motifs is 1. The van der Waals surface area contributed by atoms with Gasteiger partial charge in [0.2, 0.25) is 5.89 Å². The highest BCUT2D eigenvalue weighted by atomic mass is 16.5. The quantitative estimate of drug-likeness (QED) is 0.164. The van der Waals surface area contributed by atoms with Gasteiger partial charge in [-0.05, 0) is 104 Å². The number of ether oxygens (including phenoxy) is 2. The molecular weight excluding hydrogens is 586 g/mol. The number of rotatable bonds is 9. The van der Waals surface area contributed by atoms with E-state index in [9.17, 15) is 4.79 Å². The fourth-order valence-corrected chi connectivity index (χ4v) is 6.49. The molecule has 1 aromatic heterocycles. The van der Waals surface area contributed by atoms with Crippen LogP contribution in [-0.4, -0.2) is 34.8 Å². The molecule has 4 aromatic carbocycles. The topological polar surface area (TPSA) is 77.2 Å². The van der Waals surface area contributed by atoms with Gasteiger partial charge in [-0.2, -0.15) is 5.10 Å². The highest BCUT2D eigenvalue weighted by Gasteiger charge is 2.44. The summed E-state index contributed by atoms with van der Waals surface area (Å²) in [5.41, 5.74) is 6.61. The van der Waals surface area contributed by atoms with Crippen molar-refractivity contribution in [2.75, 3.05) is 13.2 Å². The Balaban J connectivity index is 1.20. The maximum atomic E-state index is 14.3. The standard InChI is InChI=1S/C40H37N3O4/c1-3-45-33-21-13-27(14-22-33)25-32-11-8-12-35-37(32)42-43(38(35)29-19-23-34(24-20-29)46-4-2)40(44)31-17-15-30(16-18-31)39-41-26-36(47-39)28-9-6-5-7-10-28/h5-7,9-10,13-26,35,38H,3-4,8,11-12H2,1-2H3/b32-25+/t35-,38-/m0/s1. The second-order valence-electron chi connectivity index (χ2n) is 11.7. The van der Waals surface area contributed by atoms with Gasteiger partial charge in [-0.25, -0.2) is 9.99 Å². The predicted octanol–water partition coefficient (Wildman–Crippen LogP) is 9.24. The summed E-state index contributed by atoms with van der Waals surface area (Å²) in [6, 6.07) is 33.3. The Labute approximate surface area is 275 Å². The first-order chi connectivity index (χ1) is 23.1. The van der Waals surface area contributed by atoms with E-state index >= 15 is 0 Å². The lowest BCUT2D eigenvalue weighted by atomic mass is 9.77. The summed E-state index contributed by atoms with van der Waals surface area (Å²) < 4.78 is 17.4. The first-order valence-corrected chi connectivity index (χ1v) is 16.3. The van der Waals surface area contributed by atoms with Gasteiger partial charge in [-0.3, -0.25) is 4.79 Å². The number of amides is 1. The Morgan fingerprint density at radius 2 is 1.53 bits per heavy atom. The molecule has 0 saturated heterocycles. The Morgan fingerprint density at radius 3 is 2.21 bits per heavy atom. The summed E-state index contributed by atoms with van der Waals surface area (Å²) in [6.45, 7) is 5.19. The van der Waals surface area contributed by atoms with Gasteiger partial charge >= 0.3 is 0 Å². The van der Waals surface area contributed by atoms with Crippen LogP contribution in [0.5, 0.6) is 11.5 Å². The van der Waals surface area contributed by atoms with E-state index in [0.717, 1.165) is 58.7 Å². The van der Waals surface area contributed by atoms with Gasteiger partial charge in [0.05, 0.1) is 31.2 Å². The molecule has 236 valence electrons. The van der Waals surface area contributed by atoms with Crippen LogP contribution < -0.4 is 9.47 Å². The molecule has 0 unspecified atom stereocenters. The first-order valence-electron chi connectivity index (χ1n) is 16.3. The second kappa shape index (κ2) is 13.5. The van der Waals surface area contributed by atoms with E-state index in [4.69, 9.17) is 19.0 Å². The first kappa shape index (κ1) is 30.2. The van der Waals surface area contributed by atoms with E-state index in [1.54, 1.807) is 11.2 Å². The summed E-state index contributed by atoms with van der Waals surface area (Å²) in [7, 11) is 0. The number of aromatic nitrogens is 1. The van der Waals surface area contributed by atoms with Gasteiger partial charge in [-0.1, -0.05) is 54.6 Å². The minimum Gasteiger partial charge on any atom is -0.494 e. The Kier molecular flexibility index (Phi) is 8.69. The Hall–Kier alpha value is -5.43. The molecule has 0 bridgehead atoms. The summed E-state index contributed by atoms with van der Waals surface area (Å²) in [5.74, 6) is 2.81. The van der Waals surface area contributed by atoms with Crippen LogP contribution in [-0.2, 0) is 0 Å². The molecule has 0 N–H and O–H groups in total. The highest BCUT2D eigenvalue weighted by molar-refractivity contribution is 6.09. The van der Waals surface area contributed by atoms with Crippen LogP contribution in [0.1, 0.15) is 60.6 Å². The smallest absolute Gasteiger partial charge is 0.274 e. The maximum Gasteiger partial charge on any atom is 0.274 e. The third kappa shape index (κ3) is 6.34. The van der Waals surface area contributed by atoms with Gasteiger partial charge in [0, 0.05) is 22.6 Å². The molecule has 1 aliphatic heterocycles. The van der Waals surface area contributed by atoms with Crippen molar-refractivity contribution in [3.05, 3.63) is 132 Å². The molecular formula is C40H37N3O4. The van der Waals surface area contributed by atoms with E-state index < -0.39 is 0 Å². The molecule has 1 amide bonds. The molecule has 7 heteroatoms. The van der Waals surface area contributed by atoms with Crippen LogP contribution in [0.3, 0.4) is 0 Å². The summed E-state index contributed by atoms with van der Waals surface area (Å²) in [6.07, 6.45) is 6.83. The van der Waals surface area contributed by atoms with Gasteiger partial charge < -0.3 is 13.9 Å². The number of allylic oxidation sites excluding steroid dienone is 1. The molecule has 7 nitrogen and oxygen atoms in total. The van der Waals surface area contributed by atoms with Crippen LogP contribution in [0.15, 0.2) is 124 Å². The monoisotopic (exact) mass is 623 g/mol. The third-order valence-corrected chi connectivity index (χ3v) is 8.72. The van der Waals surface area contributed by atoms with Crippen molar-refractivity contribution in [2.24, 2.45) is 11.0 Å². The lowest BCUT2D eigenvalue weighted by Gasteiger charge is -2.30. The van der Waals surface area contributed by atoms with Crippen LogP contribution >= 0.6 is 0 Å². The van der Waals surface area contributed by atoms with Gasteiger partial charge in [0.15, 0.2) is 5.76 Å². The van der Waals surface area contributed by atoms with E-state index in [2.05, 4.69) is 35.3 Å². The van der Waals surface area contributed by atoms with Crippen molar-refractivity contribution in [3.63, 3.8) is 0 Å². The molecule has 47 heavy (non-hydrogen) atoms. The number of carbonyl (C=O) groups is 1. The van der Waals surface area contributed by atoms with Crippen LogP contribution in [0, 0.1) is 5.92 Å². The van der Waals surface area contributed by atoms with Crippen molar-refractivity contribution in [1.29, 1.82) is 0 Å². The highest BCUT2D eigenvalue weighted by Crippen LogP contribution is 2.45. The molecule has 2 heterocycles. The van der Waals surface area contributed by atoms with Crippen LogP contribution in [0.25, 0.3) is 28.9 Å². The Bertz CT molecular complexity index is 1890. The van der Waals surface area contributed by atoms with E-state index in [1.807, 2.05) is 92.7 Å². The predicted molar refractivity (Wildman–Crippen MR) is 184 cm³/mol. The molecule has 7 rings (SSSR count). The summed E-state index contributed by atoms with van der Waals surface area (Å²) >= 11 is 0. The number of nitrogens with zero attached hydrogens (tertiary/aromatic N) is 3. The van der Waals surface area contributed by atoms with E-state index in [-0.39, 0.29) is 17.9 Å². The number of hydrazone groups is 1. The minimum absolute atomic E-state index is 0.0857. The molecule has 0 spiro atoms. The molecule has 1 aliphatic carbocycles. The van der Waals surface area contributed by atoms with Crippen LogP contribution in [0.2, 0.25) is 0 Å². The van der Waals surface area contributed by atoms with Gasteiger partial charge in [0.25, 0.3) is 5.91 Å².